The Morgan fingerprint density at radius 1 is 1.11 bits per heavy atom. The number of hydrogen-bond donors (Lipinski definition) is 1. The second-order valence-corrected chi connectivity index (χ2v) is 4.18. The molecule has 0 spiro atoms. The van der Waals surface area contributed by atoms with Crippen LogP contribution in [0, 0.1) is 11.6 Å². The summed E-state index contributed by atoms with van der Waals surface area (Å²) in [6, 6.07) is 9.65. The molecule has 0 heterocycles. The third kappa shape index (κ3) is 3.29. The number of hydrogen-bond acceptors (Lipinski definition) is 1. The lowest BCUT2D eigenvalue weighted by atomic mass is 10.1. The first-order valence-corrected chi connectivity index (χ1v) is 6.05. The van der Waals surface area contributed by atoms with Crippen molar-refractivity contribution in [2.24, 2.45) is 0 Å². The van der Waals surface area contributed by atoms with Crippen molar-refractivity contribution in [3.05, 3.63) is 65.2 Å². The summed E-state index contributed by atoms with van der Waals surface area (Å²) in [5.74, 6) is -1.87. The van der Waals surface area contributed by atoms with Crippen LogP contribution in [-0.2, 0) is 5.88 Å². The van der Waals surface area contributed by atoms with Crippen molar-refractivity contribution in [1.29, 1.82) is 0 Å². The van der Waals surface area contributed by atoms with Gasteiger partial charge in [0.25, 0.3) is 5.91 Å². The monoisotopic (exact) mass is 281 g/mol. The molecular formula is C14H10ClF2NO. The summed E-state index contributed by atoms with van der Waals surface area (Å²) >= 11 is 5.64. The van der Waals surface area contributed by atoms with Gasteiger partial charge in [0.05, 0.1) is 5.56 Å². The van der Waals surface area contributed by atoms with E-state index in [1.54, 1.807) is 24.3 Å². The van der Waals surface area contributed by atoms with Crippen LogP contribution in [0.3, 0.4) is 0 Å². The molecule has 2 rings (SSSR count). The molecule has 0 fully saturated rings. The topological polar surface area (TPSA) is 29.1 Å². The summed E-state index contributed by atoms with van der Waals surface area (Å²) in [5, 5.41) is 2.53. The van der Waals surface area contributed by atoms with Gasteiger partial charge < -0.3 is 5.32 Å². The summed E-state index contributed by atoms with van der Waals surface area (Å²) in [6.45, 7) is 0. The Bertz CT molecular complexity index is 599. The summed E-state index contributed by atoms with van der Waals surface area (Å²) in [5.41, 5.74) is 1.22. The largest absolute Gasteiger partial charge is 0.322 e. The van der Waals surface area contributed by atoms with Crippen molar-refractivity contribution in [3.8, 4) is 0 Å². The van der Waals surface area contributed by atoms with Crippen LogP contribution in [0.4, 0.5) is 14.5 Å². The van der Waals surface area contributed by atoms with Crippen molar-refractivity contribution < 1.29 is 13.6 Å². The van der Waals surface area contributed by atoms with Crippen LogP contribution in [-0.4, -0.2) is 5.91 Å². The molecule has 5 heteroatoms. The Labute approximate surface area is 114 Å². The quantitative estimate of drug-likeness (QED) is 0.848. The first-order chi connectivity index (χ1) is 9.10. The van der Waals surface area contributed by atoms with E-state index >= 15 is 0 Å². The van der Waals surface area contributed by atoms with E-state index in [1.807, 2.05) is 0 Å². The SMILES string of the molecule is O=C(Nc1ccc(CCl)cc1)c1ccc(F)cc1F. The summed E-state index contributed by atoms with van der Waals surface area (Å²) in [4.78, 5) is 11.8. The summed E-state index contributed by atoms with van der Waals surface area (Å²) in [7, 11) is 0. The molecule has 0 aliphatic rings. The van der Waals surface area contributed by atoms with Gasteiger partial charge >= 0.3 is 0 Å². The van der Waals surface area contributed by atoms with Crippen molar-refractivity contribution >= 4 is 23.2 Å². The molecule has 98 valence electrons. The number of benzene rings is 2. The van der Waals surface area contributed by atoms with E-state index in [1.165, 1.54) is 0 Å². The average Bonchev–Trinajstić information content (AvgIpc) is 2.39. The first kappa shape index (κ1) is 13.5. The molecule has 0 aliphatic heterocycles. The number of halogens is 3. The van der Waals surface area contributed by atoms with Crippen molar-refractivity contribution in [1.82, 2.24) is 0 Å². The van der Waals surface area contributed by atoms with Gasteiger partial charge in [-0.05, 0) is 29.8 Å². The Kier molecular flexibility index (Phi) is 4.12. The average molecular weight is 282 g/mol. The van der Waals surface area contributed by atoms with Gasteiger partial charge in [-0.3, -0.25) is 4.79 Å². The van der Waals surface area contributed by atoms with Gasteiger partial charge in [0, 0.05) is 17.6 Å². The normalized spacial score (nSPS) is 10.3. The highest BCUT2D eigenvalue weighted by atomic mass is 35.5. The van der Waals surface area contributed by atoms with Crippen LogP contribution < -0.4 is 5.32 Å². The molecule has 0 aromatic heterocycles. The molecule has 1 N–H and O–H groups in total. The maximum atomic E-state index is 13.4. The Morgan fingerprint density at radius 2 is 1.79 bits per heavy atom. The number of rotatable bonds is 3. The minimum atomic E-state index is -0.894. The van der Waals surface area contributed by atoms with Crippen molar-refractivity contribution in [2.75, 3.05) is 5.32 Å². The van der Waals surface area contributed by atoms with Gasteiger partial charge in [-0.25, -0.2) is 8.78 Å². The van der Waals surface area contributed by atoms with E-state index in [-0.39, 0.29) is 5.56 Å². The highest BCUT2D eigenvalue weighted by Crippen LogP contribution is 2.15. The predicted molar refractivity (Wildman–Crippen MR) is 70.3 cm³/mol. The third-order valence-corrected chi connectivity index (χ3v) is 2.85. The van der Waals surface area contributed by atoms with Crippen LogP contribution in [0.25, 0.3) is 0 Å². The van der Waals surface area contributed by atoms with Crippen LogP contribution in [0.2, 0.25) is 0 Å². The molecule has 0 bridgehead atoms. The highest BCUT2D eigenvalue weighted by Gasteiger charge is 2.12. The minimum Gasteiger partial charge on any atom is -0.322 e. The van der Waals surface area contributed by atoms with Gasteiger partial charge in [-0.2, -0.15) is 0 Å². The van der Waals surface area contributed by atoms with Gasteiger partial charge in [0.2, 0.25) is 0 Å². The molecular weight excluding hydrogens is 272 g/mol. The fourth-order valence-corrected chi connectivity index (χ4v) is 1.73. The van der Waals surface area contributed by atoms with Gasteiger partial charge in [-0.15, -0.1) is 11.6 Å². The van der Waals surface area contributed by atoms with Crippen LogP contribution in [0.15, 0.2) is 42.5 Å². The molecule has 2 aromatic rings. The number of carbonyl (C=O) groups excluding carboxylic acids is 1. The second kappa shape index (κ2) is 5.80. The van der Waals surface area contributed by atoms with Gasteiger partial charge in [0.15, 0.2) is 0 Å². The fourth-order valence-electron chi connectivity index (χ4n) is 1.55. The molecule has 2 aromatic carbocycles. The van der Waals surface area contributed by atoms with E-state index in [2.05, 4.69) is 5.32 Å². The van der Waals surface area contributed by atoms with E-state index in [0.29, 0.717) is 17.6 Å². The maximum absolute atomic E-state index is 13.4. The minimum absolute atomic E-state index is 0.206. The lowest BCUT2D eigenvalue weighted by molar-refractivity contribution is 0.102. The van der Waals surface area contributed by atoms with E-state index in [0.717, 1.165) is 17.7 Å². The third-order valence-electron chi connectivity index (χ3n) is 2.54. The molecule has 19 heavy (non-hydrogen) atoms. The van der Waals surface area contributed by atoms with E-state index in [4.69, 9.17) is 11.6 Å². The molecule has 0 saturated heterocycles. The van der Waals surface area contributed by atoms with Gasteiger partial charge in [0.1, 0.15) is 11.6 Å². The number of nitrogens with one attached hydrogen (secondary N) is 1. The lowest BCUT2D eigenvalue weighted by Crippen LogP contribution is -2.13. The van der Waals surface area contributed by atoms with E-state index < -0.39 is 17.5 Å². The number of anilines is 1. The summed E-state index contributed by atoms with van der Waals surface area (Å²) < 4.78 is 26.1. The second-order valence-electron chi connectivity index (χ2n) is 3.91. The smallest absolute Gasteiger partial charge is 0.258 e. The molecule has 0 radical (unpaired) electrons. The maximum Gasteiger partial charge on any atom is 0.258 e. The Hall–Kier alpha value is -1.94. The van der Waals surface area contributed by atoms with Crippen molar-refractivity contribution in [3.63, 3.8) is 0 Å². The van der Waals surface area contributed by atoms with Crippen LogP contribution in [0.1, 0.15) is 15.9 Å². The number of carbonyl (C=O) groups is 1. The molecule has 0 aliphatic carbocycles. The summed E-state index contributed by atoms with van der Waals surface area (Å²) in [6.07, 6.45) is 0. The molecule has 1 amide bonds. The molecule has 0 atom stereocenters. The molecule has 0 saturated carbocycles. The standard InChI is InChI=1S/C14H10ClF2NO/c15-8-9-1-4-11(5-2-9)18-14(19)12-6-3-10(16)7-13(12)17/h1-7H,8H2,(H,18,19). The zero-order chi connectivity index (χ0) is 13.8. The van der Waals surface area contributed by atoms with Crippen LogP contribution in [0.5, 0.6) is 0 Å². The van der Waals surface area contributed by atoms with Gasteiger partial charge in [-0.1, -0.05) is 12.1 Å². The van der Waals surface area contributed by atoms with Crippen LogP contribution >= 0.6 is 11.6 Å². The Balaban J connectivity index is 2.15. The van der Waals surface area contributed by atoms with E-state index in [9.17, 15) is 13.6 Å². The predicted octanol–water partition coefficient (Wildman–Crippen LogP) is 3.96. The zero-order valence-electron chi connectivity index (χ0n) is 9.79. The number of amides is 1. The fraction of sp³-hybridized carbons (Fsp3) is 0.0714. The molecule has 0 unspecified atom stereocenters. The highest BCUT2D eigenvalue weighted by molar-refractivity contribution is 6.17. The zero-order valence-corrected chi connectivity index (χ0v) is 10.5. The first-order valence-electron chi connectivity index (χ1n) is 5.51. The van der Waals surface area contributed by atoms with Crippen molar-refractivity contribution in [2.45, 2.75) is 5.88 Å². The molecule has 2 nitrogen and oxygen atoms in total. The number of alkyl halides is 1. The Morgan fingerprint density at radius 3 is 2.37 bits per heavy atom. The lowest BCUT2D eigenvalue weighted by Gasteiger charge is -2.06.